The van der Waals surface area contributed by atoms with Gasteiger partial charge in [-0.1, -0.05) is 6.07 Å². The highest BCUT2D eigenvalue weighted by Gasteiger charge is 2.47. The van der Waals surface area contributed by atoms with Crippen LogP contribution in [-0.4, -0.2) is 66.0 Å². The standard InChI is InChI=1S/C24H27F4N3O3S.ClH/c25-19-4-1-5-20(26)22(19)21(32)6-7-23(8-10-24(27,28)11-9-23)30-13-15-31(16-14-30)35(33,34)18-3-2-12-29-17-18;/h1-5,12,17H,6-11,13-16H2;1H. The summed E-state index contributed by atoms with van der Waals surface area (Å²) in [5.74, 6) is -5.42. The zero-order valence-electron chi connectivity index (χ0n) is 19.5. The summed E-state index contributed by atoms with van der Waals surface area (Å²) in [4.78, 5) is 18.6. The first-order valence-electron chi connectivity index (χ1n) is 11.5. The van der Waals surface area contributed by atoms with Crippen LogP contribution in [0.4, 0.5) is 17.6 Å². The van der Waals surface area contributed by atoms with Crippen molar-refractivity contribution in [2.45, 2.75) is 54.9 Å². The quantitative estimate of drug-likeness (QED) is 0.370. The first-order valence-corrected chi connectivity index (χ1v) is 13.0. The lowest BCUT2D eigenvalue weighted by atomic mass is 9.74. The van der Waals surface area contributed by atoms with E-state index in [1.807, 2.05) is 4.90 Å². The van der Waals surface area contributed by atoms with Gasteiger partial charge in [0.2, 0.25) is 15.9 Å². The van der Waals surface area contributed by atoms with E-state index in [0.717, 1.165) is 12.1 Å². The Kier molecular flexibility index (Phi) is 8.80. The lowest BCUT2D eigenvalue weighted by molar-refractivity contribution is -0.0891. The highest BCUT2D eigenvalue weighted by atomic mass is 35.5. The summed E-state index contributed by atoms with van der Waals surface area (Å²) in [6, 6.07) is 6.19. The van der Waals surface area contributed by atoms with Crippen LogP contribution in [-0.2, 0) is 10.0 Å². The van der Waals surface area contributed by atoms with Crippen LogP contribution in [0.15, 0.2) is 47.6 Å². The second kappa shape index (κ2) is 11.1. The van der Waals surface area contributed by atoms with E-state index in [0.29, 0.717) is 13.1 Å². The molecule has 1 aliphatic carbocycles. The van der Waals surface area contributed by atoms with Crippen LogP contribution in [0.1, 0.15) is 48.9 Å². The number of alkyl halides is 2. The van der Waals surface area contributed by atoms with Crippen LogP contribution < -0.4 is 0 Å². The fourth-order valence-electron chi connectivity index (χ4n) is 5.09. The Labute approximate surface area is 214 Å². The maximum Gasteiger partial charge on any atom is 0.248 e. The van der Waals surface area contributed by atoms with Crippen molar-refractivity contribution in [1.82, 2.24) is 14.2 Å². The van der Waals surface area contributed by atoms with Crippen molar-refractivity contribution in [3.05, 3.63) is 59.9 Å². The van der Waals surface area contributed by atoms with Gasteiger partial charge in [0.25, 0.3) is 0 Å². The maximum absolute atomic E-state index is 14.1. The smallest absolute Gasteiger partial charge is 0.248 e. The van der Waals surface area contributed by atoms with Gasteiger partial charge in [0.05, 0.1) is 5.56 Å². The molecule has 1 aromatic heterocycles. The molecule has 0 radical (unpaired) electrons. The number of carbonyl (C=O) groups is 1. The number of hydrogen-bond acceptors (Lipinski definition) is 5. The van der Waals surface area contributed by atoms with Crippen molar-refractivity contribution >= 4 is 28.2 Å². The summed E-state index contributed by atoms with van der Waals surface area (Å²) in [6.07, 6.45) is 2.23. The number of benzene rings is 1. The maximum atomic E-state index is 14.1. The van der Waals surface area contributed by atoms with Crippen LogP contribution >= 0.6 is 12.4 Å². The van der Waals surface area contributed by atoms with E-state index >= 15 is 0 Å². The number of nitrogens with zero attached hydrogens (tertiary/aromatic N) is 3. The molecule has 2 heterocycles. The number of hydrogen-bond donors (Lipinski definition) is 0. The molecule has 0 spiro atoms. The SMILES string of the molecule is Cl.O=C(CCC1(N2CCN(S(=O)(=O)c3cccnc3)CC2)CCC(F)(F)CC1)c1c(F)cccc1F. The molecule has 0 atom stereocenters. The fraction of sp³-hybridized carbons (Fsp3) is 0.500. The number of piperazine rings is 1. The number of halogens is 5. The molecule has 1 aliphatic heterocycles. The van der Waals surface area contributed by atoms with Gasteiger partial charge in [-0.3, -0.25) is 14.7 Å². The number of aromatic nitrogens is 1. The van der Waals surface area contributed by atoms with Crippen molar-refractivity contribution in [2.75, 3.05) is 26.2 Å². The number of carbonyl (C=O) groups excluding carboxylic acids is 1. The molecule has 2 aromatic rings. The number of ketones is 1. The third-order valence-corrected chi connectivity index (χ3v) is 9.04. The lowest BCUT2D eigenvalue weighted by Gasteiger charge is -2.51. The molecular formula is C24H28ClF4N3O3S. The number of pyridine rings is 1. The molecule has 1 aromatic carbocycles. The Bertz CT molecular complexity index is 1150. The van der Waals surface area contributed by atoms with Crippen molar-refractivity contribution < 1.29 is 30.8 Å². The predicted molar refractivity (Wildman–Crippen MR) is 128 cm³/mol. The minimum Gasteiger partial charge on any atom is -0.295 e. The van der Waals surface area contributed by atoms with E-state index in [2.05, 4.69) is 4.98 Å². The van der Waals surface area contributed by atoms with Crippen LogP contribution in [0, 0.1) is 11.6 Å². The van der Waals surface area contributed by atoms with E-state index in [-0.39, 0.29) is 68.9 Å². The molecule has 0 bridgehead atoms. The summed E-state index contributed by atoms with van der Waals surface area (Å²) in [5.41, 5.74) is -1.39. The minimum absolute atomic E-state index is 0. The second-order valence-corrected chi connectivity index (χ2v) is 11.1. The Morgan fingerprint density at radius 2 is 1.56 bits per heavy atom. The Morgan fingerprint density at radius 1 is 0.944 bits per heavy atom. The Morgan fingerprint density at radius 3 is 2.11 bits per heavy atom. The van der Waals surface area contributed by atoms with Crippen molar-refractivity contribution in [1.29, 1.82) is 0 Å². The molecule has 2 fully saturated rings. The van der Waals surface area contributed by atoms with E-state index in [1.54, 1.807) is 0 Å². The molecule has 198 valence electrons. The van der Waals surface area contributed by atoms with E-state index in [1.165, 1.54) is 34.9 Å². The van der Waals surface area contributed by atoms with Gasteiger partial charge in [-0.2, -0.15) is 4.31 Å². The van der Waals surface area contributed by atoms with Gasteiger partial charge in [-0.25, -0.2) is 26.0 Å². The van der Waals surface area contributed by atoms with Gasteiger partial charge >= 0.3 is 0 Å². The Balaban J connectivity index is 0.00000361. The van der Waals surface area contributed by atoms with Gasteiger partial charge in [-0.15, -0.1) is 12.4 Å². The third kappa shape index (κ3) is 5.90. The summed E-state index contributed by atoms with van der Waals surface area (Å²) < 4.78 is 83.4. The molecule has 2 aliphatic rings. The molecule has 6 nitrogen and oxygen atoms in total. The van der Waals surface area contributed by atoms with E-state index < -0.39 is 44.5 Å². The van der Waals surface area contributed by atoms with Crippen molar-refractivity contribution in [3.8, 4) is 0 Å². The van der Waals surface area contributed by atoms with Gasteiger partial charge < -0.3 is 0 Å². The highest BCUT2D eigenvalue weighted by molar-refractivity contribution is 7.89. The fourth-order valence-corrected chi connectivity index (χ4v) is 6.48. The molecule has 36 heavy (non-hydrogen) atoms. The molecular weight excluding hydrogens is 522 g/mol. The zero-order valence-corrected chi connectivity index (χ0v) is 21.1. The first kappa shape index (κ1) is 28.5. The number of sulfonamides is 1. The molecule has 0 unspecified atom stereocenters. The minimum atomic E-state index is -3.74. The Hall–Kier alpha value is -2.08. The monoisotopic (exact) mass is 549 g/mol. The average molecular weight is 550 g/mol. The average Bonchev–Trinajstić information content (AvgIpc) is 2.84. The zero-order chi connectivity index (χ0) is 25.3. The predicted octanol–water partition coefficient (Wildman–Crippen LogP) is 4.70. The van der Waals surface area contributed by atoms with Crippen LogP contribution in [0.5, 0.6) is 0 Å². The van der Waals surface area contributed by atoms with Crippen LogP contribution in [0.25, 0.3) is 0 Å². The summed E-state index contributed by atoms with van der Waals surface area (Å²) in [7, 11) is -3.74. The topological polar surface area (TPSA) is 70.6 Å². The van der Waals surface area contributed by atoms with Gasteiger partial charge in [-0.05, 0) is 43.5 Å². The summed E-state index contributed by atoms with van der Waals surface area (Å²) in [6.45, 7) is 0.914. The highest BCUT2D eigenvalue weighted by Crippen LogP contribution is 2.44. The lowest BCUT2D eigenvalue weighted by Crippen LogP contribution is -2.59. The normalized spacial score (nSPS) is 20.4. The first-order chi connectivity index (χ1) is 16.5. The number of Topliss-reactive ketones (excluding diaryl/α,β-unsaturated/α-hetero) is 1. The summed E-state index contributed by atoms with van der Waals surface area (Å²) in [5, 5.41) is 0. The molecule has 1 saturated carbocycles. The van der Waals surface area contributed by atoms with E-state index in [9.17, 15) is 30.8 Å². The largest absolute Gasteiger partial charge is 0.295 e. The van der Waals surface area contributed by atoms with Gasteiger partial charge in [0, 0.05) is 63.4 Å². The molecule has 4 rings (SSSR count). The molecule has 0 amide bonds. The van der Waals surface area contributed by atoms with Crippen molar-refractivity contribution in [3.63, 3.8) is 0 Å². The van der Waals surface area contributed by atoms with Crippen LogP contribution in [0.2, 0.25) is 0 Å². The van der Waals surface area contributed by atoms with E-state index in [4.69, 9.17) is 0 Å². The molecule has 0 N–H and O–H groups in total. The van der Waals surface area contributed by atoms with Crippen LogP contribution in [0.3, 0.4) is 0 Å². The number of rotatable bonds is 7. The summed E-state index contributed by atoms with van der Waals surface area (Å²) >= 11 is 0. The third-order valence-electron chi connectivity index (χ3n) is 7.15. The van der Waals surface area contributed by atoms with Gasteiger partial charge in [0.15, 0.2) is 5.78 Å². The second-order valence-electron chi connectivity index (χ2n) is 9.18. The van der Waals surface area contributed by atoms with Gasteiger partial charge in [0.1, 0.15) is 16.5 Å². The molecule has 1 saturated heterocycles. The molecule has 12 heteroatoms. The van der Waals surface area contributed by atoms with Crippen molar-refractivity contribution in [2.24, 2.45) is 0 Å².